The van der Waals surface area contributed by atoms with Gasteiger partial charge in [-0.3, -0.25) is 9.59 Å². The van der Waals surface area contributed by atoms with Crippen molar-refractivity contribution >= 4 is 11.9 Å². The third-order valence-corrected chi connectivity index (χ3v) is 2.87. The molecule has 6 nitrogen and oxygen atoms in total. The molecule has 0 saturated heterocycles. The van der Waals surface area contributed by atoms with Crippen LogP contribution in [0.1, 0.15) is 26.7 Å². The van der Waals surface area contributed by atoms with Crippen LogP contribution in [0.3, 0.4) is 0 Å². The molecule has 0 aliphatic carbocycles. The molecule has 0 radical (unpaired) electrons. The number of aliphatic carboxylic acids is 2. The Kier molecular flexibility index (Phi) is 11.6. The van der Waals surface area contributed by atoms with Gasteiger partial charge in [0.25, 0.3) is 0 Å². The minimum Gasteiger partial charge on any atom is -0.480 e. The van der Waals surface area contributed by atoms with Crippen LogP contribution >= 0.6 is 0 Å². The van der Waals surface area contributed by atoms with Crippen molar-refractivity contribution in [3.63, 3.8) is 0 Å². The SMILES string of the molecule is C=CCC(C)C(N)C(=O)O.C=CCC(C)C(N)C(=O)O. The predicted molar refractivity (Wildman–Crippen MR) is 79.2 cm³/mol. The summed E-state index contributed by atoms with van der Waals surface area (Å²) in [7, 11) is 0. The smallest absolute Gasteiger partial charge is 0.320 e. The zero-order valence-corrected chi connectivity index (χ0v) is 12.2. The number of hydrogen-bond acceptors (Lipinski definition) is 4. The van der Waals surface area contributed by atoms with E-state index in [1.165, 1.54) is 0 Å². The van der Waals surface area contributed by atoms with Gasteiger partial charge in [0.05, 0.1) is 0 Å². The lowest BCUT2D eigenvalue weighted by atomic mass is 10.00. The first-order valence-corrected chi connectivity index (χ1v) is 6.37. The molecule has 0 aromatic heterocycles. The van der Waals surface area contributed by atoms with Gasteiger partial charge in [0.2, 0.25) is 0 Å². The van der Waals surface area contributed by atoms with Gasteiger partial charge in [0.1, 0.15) is 12.1 Å². The number of allylic oxidation sites excluding steroid dienone is 2. The zero-order chi connectivity index (χ0) is 16.3. The summed E-state index contributed by atoms with van der Waals surface area (Å²) in [4.78, 5) is 20.5. The highest BCUT2D eigenvalue weighted by atomic mass is 16.4. The van der Waals surface area contributed by atoms with Gasteiger partial charge in [-0.15, -0.1) is 13.2 Å². The fourth-order valence-corrected chi connectivity index (χ4v) is 1.31. The topological polar surface area (TPSA) is 127 Å². The summed E-state index contributed by atoms with van der Waals surface area (Å²) in [5, 5.41) is 16.8. The summed E-state index contributed by atoms with van der Waals surface area (Å²) in [6, 6.07) is -1.53. The minimum atomic E-state index is -0.950. The van der Waals surface area contributed by atoms with Crippen LogP contribution in [0.4, 0.5) is 0 Å². The number of hydrogen-bond donors (Lipinski definition) is 4. The van der Waals surface area contributed by atoms with Crippen molar-refractivity contribution in [1.29, 1.82) is 0 Å². The van der Waals surface area contributed by atoms with Gasteiger partial charge in [-0.1, -0.05) is 26.0 Å². The van der Waals surface area contributed by atoms with Gasteiger partial charge in [-0.2, -0.15) is 0 Å². The molecule has 0 aromatic rings. The third-order valence-electron chi connectivity index (χ3n) is 2.87. The lowest BCUT2D eigenvalue weighted by Gasteiger charge is -2.12. The maximum absolute atomic E-state index is 10.3. The monoisotopic (exact) mass is 286 g/mol. The minimum absolute atomic E-state index is 0.0324. The van der Waals surface area contributed by atoms with E-state index in [-0.39, 0.29) is 11.8 Å². The Morgan fingerprint density at radius 1 is 0.950 bits per heavy atom. The summed E-state index contributed by atoms with van der Waals surface area (Å²) in [5.74, 6) is -1.96. The number of nitrogens with two attached hydrogens (primary N) is 2. The molecule has 0 aliphatic heterocycles. The van der Waals surface area contributed by atoms with E-state index in [0.29, 0.717) is 12.8 Å². The van der Waals surface area contributed by atoms with E-state index in [1.54, 1.807) is 26.0 Å². The van der Waals surface area contributed by atoms with Crippen LogP contribution in [0, 0.1) is 11.8 Å². The molecule has 4 atom stereocenters. The van der Waals surface area contributed by atoms with Crippen molar-refractivity contribution in [3.8, 4) is 0 Å². The number of carboxylic acids is 2. The molecule has 0 amide bonds. The standard InChI is InChI=1S/2C7H13NO2/c2*1-3-4-5(2)6(8)7(9)10/h2*3,5-6H,1,4,8H2,2H3,(H,9,10). The van der Waals surface area contributed by atoms with Gasteiger partial charge in [-0.05, 0) is 24.7 Å². The first-order valence-electron chi connectivity index (χ1n) is 6.37. The molecule has 116 valence electrons. The van der Waals surface area contributed by atoms with Crippen LogP contribution in [0.25, 0.3) is 0 Å². The second-order valence-corrected chi connectivity index (χ2v) is 4.73. The first kappa shape index (κ1) is 20.7. The highest BCUT2D eigenvalue weighted by Crippen LogP contribution is 2.06. The highest BCUT2D eigenvalue weighted by Gasteiger charge is 2.18. The summed E-state index contributed by atoms with van der Waals surface area (Å²) in [5.41, 5.74) is 10.6. The van der Waals surface area contributed by atoms with Crippen LogP contribution in [0.5, 0.6) is 0 Å². The Morgan fingerprint density at radius 3 is 1.35 bits per heavy atom. The molecular formula is C14H26N2O4. The quantitative estimate of drug-likeness (QED) is 0.497. The van der Waals surface area contributed by atoms with E-state index in [9.17, 15) is 9.59 Å². The van der Waals surface area contributed by atoms with Crippen molar-refractivity contribution in [2.45, 2.75) is 38.8 Å². The molecule has 0 aliphatic rings. The number of carboxylic acid groups (broad SMARTS) is 2. The average molecular weight is 286 g/mol. The maximum Gasteiger partial charge on any atom is 0.320 e. The van der Waals surface area contributed by atoms with Crippen LogP contribution in [0.15, 0.2) is 25.3 Å². The molecule has 0 aromatic carbocycles. The Morgan fingerprint density at radius 2 is 1.20 bits per heavy atom. The molecule has 6 N–H and O–H groups in total. The first-order chi connectivity index (χ1) is 9.18. The Bertz CT molecular complexity index is 299. The molecule has 0 bridgehead atoms. The second kappa shape index (κ2) is 11.2. The summed E-state index contributed by atoms with van der Waals surface area (Å²) >= 11 is 0. The Balaban J connectivity index is 0. The average Bonchev–Trinajstić information content (AvgIpc) is 2.37. The number of rotatable bonds is 8. The van der Waals surface area contributed by atoms with Crippen molar-refractivity contribution in [2.75, 3.05) is 0 Å². The largest absolute Gasteiger partial charge is 0.480 e. The Hall–Kier alpha value is -1.66. The van der Waals surface area contributed by atoms with Crippen LogP contribution in [-0.2, 0) is 9.59 Å². The second-order valence-electron chi connectivity index (χ2n) is 4.73. The van der Waals surface area contributed by atoms with Crippen molar-refractivity contribution < 1.29 is 19.8 Å². The molecule has 0 spiro atoms. The summed E-state index contributed by atoms with van der Waals surface area (Å²) < 4.78 is 0. The molecule has 0 saturated carbocycles. The maximum atomic E-state index is 10.3. The molecule has 4 unspecified atom stereocenters. The highest BCUT2D eigenvalue weighted by molar-refractivity contribution is 5.73. The van der Waals surface area contributed by atoms with Crippen molar-refractivity contribution in [1.82, 2.24) is 0 Å². The van der Waals surface area contributed by atoms with E-state index in [4.69, 9.17) is 21.7 Å². The fraction of sp³-hybridized carbons (Fsp3) is 0.571. The lowest BCUT2D eigenvalue weighted by molar-refractivity contribution is -0.140. The molecule has 20 heavy (non-hydrogen) atoms. The molecular weight excluding hydrogens is 260 g/mol. The molecule has 0 rings (SSSR count). The molecule has 0 fully saturated rings. The zero-order valence-electron chi connectivity index (χ0n) is 12.2. The van der Waals surface area contributed by atoms with Crippen LogP contribution in [-0.4, -0.2) is 34.2 Å². The fourth-order valence-electron chi connectivity index (χ4n) is 1.31. The summed E-state index contributed by atoms with van der Waals surface area (Å²) in [6.07, 6.45) is 4.64. The number of carbonyl (C=O) groups is 2. The van der Waals surface area contributed by atoms with Crippen LogP contribution in [0.2, 0.25) is 0 Å². The van der Waals surface area contributed by atoms with Crippen molar-refractivity contribution in [2.24, 2.45) is 23.3 Å². The van der Waals surface area contributed by atoms with Gasteiger partial charge in [0, 0.05) is 0 Å². The van der Waals surface area contributed by atoms with E-state index < -0.39 is 24.0 Å². The van der Waals surface area contributed by atoms with E-state index in [0.717, 1.165) is 0 Å². The molecule has 0 heterocycles. The van der Waals surface area contributed by atoms with Gasteiger partial charge in [0.15, 0.2) is 0 Å². The normalized spacial score (nSPS) is 15.8. The van der Waals surface area contributed by atoms with E-state index in [2.05, 4.69) is 13.2 Å². The summed E-state index contributed by atoms with van der Waals surface area (Å²) in [6.45, 7) is 10.6. The third kappa shape index (κ3) is 9.29. The van der Waals surface area contributed by atoms with Crippen molar-refractivity contribution in [3.05, 3.63) is 25.3 Å². The predicted octanol–water partition coefficient (Wildman–Crippen LogP) is 1.22. The van der Waals surface area contributed by atoms with Crippen LogP contribution < -0.4 is 11.5 Å². The van der Waals surface area contributed by atoms with E-state index in [1.807, 2.05) is 0 Å². The van der Waals surface area contributed by atoms with E-state index >= 15 is 0 Å². The van der Waals surface area contributed by atoms with Gasteiger partial charge >= 0.3 is 11.9 Å². The lowest BCUT2D eigenvalue weighted by Crippen LogP contribution is -2.36. The molecule has 6 heteroatoms. The van der Waals surface area contributed by atoms with Gasteiger partial charge in [-0.25, -0.2) is 0 Å². The Labute approximate surface area is 120 Å². The van der Waals surface area contributed by atoms with Gasteiger partial charge < -0.3 is 21.7 Å².